The molecule has 114 valence electrons. The first-order valence-corrected chi connectivity index (χ1v) is 8.01. The SMILES string of the molecule is CC(NC(=O)c1ncc[nH]1)C12CC3CC(CC(O)(C3)C1)C2. The molecule has 4 bridgehead atoms. The molecule has 1 amide bonds. The number of carbonyl (C=O) groups is 1. The van der Waals surface area contributed by atoms with E-state index in [0.29, 0.717) is 17.7 Å². The molecule has 5 nitrogen and oxygen atoms in total. The number of aromatic amines is 1. The summed E-state index contributed by atoms with van der Waals surface area (Å²) in [5.41, 5.74) is -0.408. The number of nitrogens with zero attached hydrogens (tertiary/aromatic N) is 1. The summed E-state index contributed by atoms with van der Waals surface area (Å²) in [4.78, 5) is 19.1. The van der Waals surface area contributed by atoms with Crippen LogP contribution in [0.4, 0.5) is 0 Å². The van der Waals surface area contributed by atoms with E-state index in [0.717, 1.165) is 32.1 Å². The Labute approximate surface area is 124 Å². The zero-order valence-corrected chi connectivity index (χ0v) is 12.4. The minimum absolute atomic E-state index is 0.0705. The topological polar surface area (TPSA) is 78.0 Å². The van der Waals surface area contributed by atoms with Crippen LogP contribution in [0.5, 0.6) is 0 Å². The molecule has 1 aromatic heterocycles. The molecule has 1 heterocycles. The van der Waals surface area contributed by atoms with E-state index in [4.69, 9.17) is 0 Å². The molecule has 0 spiro atoms. The van der Waals surface area contributed by atoms with E-state index in [1.807, 2.05) is 0 Å². The van der Waals surface area contributed by atoms with Crippen LogP contribution in [0.2, 0.25) is 0 Å². The highest BCUT2D eigenvalue weighted by Crippen LogP contribution is 2.62. The highest BCUT2D eigenvalue weighted by Gasteiger charge is 2.59. The largest absolute Gasteiger partial charge is 0.390 e. The molecule has 3 atom stereocenters. The van der Waals surface area contributed by atoms with Gasteiger partial charge in [-0.1, -0.05) is 0 Å². The molecule has 4 saturated carbocycles. The van der Waals surface area contributed by atoms with Gasteiger partial charge in [0.2, 0.25) is 0 Å². The van der Waals surface area contributed by atoms with Gasteiger partial charge in [0.15, 0.2) is 5.82 Å². The van der Waals surface area contributed by atoms with Crippen LogP contribution in [-0.2, 0) is 0 Å². The molecule has 4 aliphatic rings. The van der Waals surface area contributed by atoms with Crippen molar-refractivity contribution in [3.63, 3.8) is 0 Å². The Hall–Kier alpha value is -1.36. The second-order valence-electron chi connectivity index (χ2n) is 7.68. The van der Waals surface area contributed by atoms with Crippen molar-refractivity contribution in [1.29, 1.82) is 0 Å². The molecular formula is C16H23N3O2. The molecule has 1 aromatic rings. The maximum absolute atomic E-state index is 12.2. The highest BCUT2D eigenvalue weighted by atomic mass is 16.3. The standard InChI is InChI=1S/C16H23N3O2/c1-10(19-14(20)13-17-2-3-18-13)15-5-11-4-12(6-15)8-16(21,7-11)9-15/h2-3,10-12,21H,4-9H2,1H3,(H,17,18)(H,19,20). The fourth-order valence-electron chi connectivity index (χ4n) is 5.60. The minimum atomic E-state index is -0.478. The number of aromatic nitrogens is 2. The quantitative estimate of drug-likeness (QED) is 0.794. The van der Waals surface area contributed by atoms with Gasteiger partial charge in [0.25, 0.3) is 5.91 Å². The van der Waals surface area contributed by atoms with E-state index in [1.54, 1.807) is 12.4 Å². The van der Waals surface area contributed by atoms with E-state index < -0.39 is 5.60 Å². The lowest BCUT2D eigenvalue weighted by Gasteiger charge is -2.62. The minimum Gasteiger partial charge on any atom is -0.390 e. The smallest absolute Gasteiger partial charge is 0.287 e. The van der Waals surface area contributed by atoms with E-state index in [2.05, 4.69) is 22.2 Å². The monoisotopic (exact) mass is 289 g/mol. The van der Waals surface area contributed by atoms with Crippen LogP contribution in [0.15, 0.2) is 12.4 Å². The first kappa shape index (κ1) is 13.3. The molecule has 21 heavy (non-hydrogen) atoms. The number of hydrogen-bond donors (Lipinski definition) is 3. The second-order valence-corrected chi connectivity index (χ2v) is 7.68. The normalized spacial score (nSPS) is 42.0. The fourth-order valence-corrected chi connectivity index (χ4v) is 5.60. The number of nitrogens with one attached hydrogen (secondary N) is 2. The third-order valence-corrected chi connectivity index (χ3v) is 6.05. The van der Waals surface area contributed by atoms with Crippen molar-refractivity contribution >= 4 is 5.91 Å². The summed E-state index contributed by atoms with van der Waals surface area (Å²) in [5, 5.41) is 13.9. The third-order valence-electron chi connectivity index (χ3n) is 6.05. The summed E-state index contributed by atoms with van der Waals surface area (Å²) in [6, 6.07) is 0.0764. The predicted octanol–water partition coefficient (Wildman–Crippen LogP) is 1.86. The van der Waals surface area contributed by atoms with E-state index in [9.17, 15) is 9.90 Å². The Morgan fingerprint density at radius 1 is 1.43 bits per heavy atom. The number of H-pyrrole nitrogens is 1. The van der Waals surface area contributed by atoms with E-state index in [-0.39, 0.29) is 17.4 Å². The first-order chi connectivity index (χ1) is 9.98. The lowest BCUT2D eigenvalue weighted by molar-refractivity contribution is -0.171. The number of carbonyl (C=O) groups excluding carboxylic acids is 1. The Bertz CT molecular complexity index is 540. The molecule has 4 aliphatic carbocycles. The highest BCUT2D eigenvalue weighted by molar-refractivity contribution is 5.90. The molecule has 4 fully saturated rings. The number of aliphatic hydroxyl groups is 1. The van der Waals surface area contributed by atoms with Crippen molar-refractivity contribution in [3.05, 3.63) is 18.2 Å². The molecule has 5 rings (SSSR count). The van der Waals surface area contributed by atoms with Gasteiger partial charge < -0.3 is 15.4 Å². The molecule has 3 N–H and O–H groups in total. The van der Waals surface area contributed by atoms with Crippen LogP contribution in [0.3, 0.4) is 0 Å². The van der Waals surface area contributed by atoms with Crippen molar-refractivity contribution in [2.24, 2.45) is 17.3 Å². The van der Waals surface area contributed by atoms with Crippen molar-refractivity contribution in [3.8, 4) is 0 Å². The van der Waals surface area contributed by atoms with Crippen LogP contribution in [-0.4, -0.2) is 32.6 Å². The van der Waals surface area contributed by atoms with Crippen LogP contribution in [0, 0.1) is 17.3 Å². The fraction of sp³-hybridized carbons (Fsp3) is 0.750. The summed E-state index contributed by atoms with van der Waals surface area (Å²) in [7, 11) is 0. The molecule has 0 saturated heterocycles. The molecule has 3 unspecified atom stereocenters. The number of imidazole rings is 1. The van der Waals surface area contributed by atoms with Crippen molar-refractivity contribution in [1.82, 2.24) is 15.3 Å². The Kier molecular flexibility index (Phi) is 2.74. The molecule has 0 radical (unpaired) electrons. The zero-order chi connectivity index (χ0) is 14.7. The number of rotatable bonds is 3. The molecular weight excluding hydrogens is 266 g/mol. The number of hydrogen-bond acceptors (Lipinski definition) is 3. The van der Waals surface area contributed by atoms with Gasteiger partial charge in [0.05, 0.1) is 5.60 Å². The van der Waals surface area contributed by atoms with Gasteiger partial charge in [0.1, 0.15) is 0 Å². The Morgan fingerprint density at radius 3 is 2.71 bits per heavy atom. The van der Waals surface area contributed by atoms with Crippen molar-refractivity contribution in [2.75, 3.05) is 0 Å². The van der Waals surface area contributed by atoms with E-state index >= 15 is 0 Å². The maximum Gasteiger partial charge on any atom is 0.287 e. The van der Waals surface area contributed by atoms with Gasteiger partial charge in [-0.2, -0.15) is 0 Å². The summed E-state index contributed by atoms with van der Waals surface area (Å²) in [6.07, 6.45) is 9.57. The summed E-state index contributed by atoms with van der Waals surface area (Å²) < 4.78 is 0. The molecule has 0 aliphatic heterocycles. The van der Waals surface area contributed by atoms with Crippen LogP contribution >= 0.6 is 0 Å². The Balaban J connectivity index is 1.54. The van der Waals surface area contributed by atoms with Crippen LogP contribution < -0.4 is 5.32 Å². The van der Waals surface area contributed by atoms with Crippen molar-refractivity contribution in [2.45, 2.75) is 57.1 Å². The zero-order valence-electron chi connectivity index (χ0n) is 12.4. The molecule has 5 heteroatoms. The lowest BCUT2D eigenvalue weighted by Crippen LogP contribution is -2.61. The maximum atomic E-state index is 12.2. The summed E-state index contributed by atoms with van der Waals surface area (Å²) in [6.45, 7) is 2.09. The van der Waals surface area contributed by atoms with Gasteiger partial charge in [-0.3, -0.25) is 4.79 Å². The van der Waals surface area contributed by atoms with Gasteiger partial charge in [-0.25, -0.2) is 4.98 Å². The lowest BCUT2D eigenvalue weighted by atomic mass is 9.46. The average molecular weight is 289 g/mol. The number of amides is 1. The van der Waals surface area contributed by atoms with Crippen LogP contribution in [0.25, 0.3) is 0 Å². The van der Waals surface area contributed by atoms with Gasteiger partial charge in [-0.15, -0.1) is 0 Å². The van der Waals surface area contributed by atoms with Gasteiger partial charge >= 0.3 is 0 Å². The van der Waals surface area contributed by atoms with Crippen LogP contribution in [0.1, 0.15) is 56.1 Å². The van der Waals surface area contributed by atoms with E-state index in [1.165, 1.54) is 6.42 Å². The average Bonchev–Trinajstić information content (AvgIpc) is 2.89. The summed E-state index contributed by atoms with van der Waals surface area (Å²) >= 11 is 0. The van der Waals surface area contributed by atoms with Gasteiger partial charge in [-0.05, 0) is 62.7 Å². The van der Waals surface area contributed by atoms with Crippen molar-refractivity contribution < 1.29 is 9.90 Å². The van der Waals surface area contributed by atoms with Gasteiger partial charge in [0, 0.05) is 18.4 Å². The third kappa shape index (κ3) is 2.09. The second kappa shape index (κ2) is 4.32. The summed E-state index contributed by atoms with van der Waals surface area (Å²) in [5.74, 6) is 1.50. The predicted molar refractivity (Wildman–Crippen MR) is 77.6 cm³/mol. The Morgan fingerprint density at radius 2 is 2.14 bits per heavy atom. The molecule has 0 aromatic carbocycles. The first-order valence-electron chi connectivity index (χ1n) is 8.01.